The summed E-state index contributed by atoms with van der Waals surface area (Å²) in [5.74, 6) is 1.37. The highest BCUT2D eigenvalue weighted by Gasteiger charge is 2.26. The van der Waals surface area contributed by atoms with Crippen molar-refractivity contribution in [3.63, 3.8) is 0 Å². The number of methoxy groups -OCH3 is 2. The number of carbonyl (C=O) groups is 2. The lowest BCUT2D eigenvalue weighted by Crippen LogP contribution is -2.39. The van der Waals surface area contributed by atoms with Gasteiger partial charge in [-0.2, -0.15) is 0 Å². The molecule has 1 fully saturated rings. The third-order valence-electron chi connectivity index (χ3n) is 7.18. The van der Waals surface area contributed by atoms with Gasteiger partial charge < -0.3 is 29.2 Å². The SMILES string of the molecule is COC(=O)C1=Cc2cccc(NC(=O)C3CCN(CCc4ccc5c(c4)OCCO5)CC3)c2C=C=C1OC. The fourth-order valence-electron chi connectivity index (χ4n) is 5.03. The number of piperidine rings is 1. The minimum absolute atomic E-state index is 0.00986. The van der Waals surface area contributed by atoms with Crippen LogP contribution < -0.4 is 14.8 Å². The zero-order chi connectivity index (χ0) is 26.5. The third-order valence-corrected chi connectivity index (χ3v) is 7.18. The van der Waals surface area contributed by atoms with Gasteiger partial charge in [0, 0.05) is 23.7 Å². The standard InChI is InChI=1S/C30H32N2O6/c1-35-26-9-7-23-22(19-24(26)30(34)36-2)4-3-5-25(23)31-29(33)21-11-14-32(15-12-21)13-10-20-6-8-27-28(18-20)38-17-16-37-27/h3-8,18-19,21H,10-17H2,1-2H3,(H,31,33). The average Bonchev–Trinajstić information content (AvgIpc) is 3.16. The summed E-state index contributed by atoms with van der Waals surface area (Å²) in [4.78, 5) is 27.9. The number of carbonyl (C=O) groups excluding carboxylic acids is 2. The van der Waals surface area contributed by atoms with Crippen molar-refractivity contribution in [1.82, 2.24) is 4.90 Å². The van der Waals surface area contributed by atoms with Crippen molar-refractivity contribution in [3.05, 3.63) is 70.2 Å². The van der Waals surface area contributed by atoms with Gasteiger partial charge in [0.05, 0.1) is 14.2 Å². The molecule has 1 saturated heterocycles. The fraction of sp³-hybridized carbons (Fsp3) is 0.367. The Morgan fingerprint density at radius 1 is 1.08 bits per heavy atom. The van der Waals surface area contributed by atoms with Crippen molar-refractivity contribution < 1.29 is 28.5 Å². The highest BCUT2D eigenvalue weighted by Crippen LogP contribution is 2.32. The molecule has 1 amide bonds. The van der Waals surface area contributed by atoms with Gasteiger partial charge in [-0.05, 0) is 73.8 Å². The van der Waals surface area contributed by atoms with Crippen LogP contribution >= 0.6 is 0 Å². The van der Waals surface area contributed by atoms with Crippen molar-refractivity contribution in [1.29, 1.82) is 0 Å². The maximum absolute atomic E-state index is 13.2. The van der Waals surface area contributed by atoms with Crippen molar-refractivity contribution in [2.24, 2.45) is 5.92 Å². The molecule has 0 unspecified atom stereocenters. The van der Waals surface area contributed by atoms with E-state index in [-0.39, 0.29) is 23.2 Å². The number of fused-ring (bicyclic) bond motifs is 2. The van der Waals surface area contributed by atoms with E-state index in [4.69, 9.17) is 18.9 Å². The smallest absolute Gasteiger partial charge is 0.342 e. The van der Waals surface area contributed by atoms with Crippen LogP contribution in [0.2, 0.25) is 0 Å². The van der Waals surface area contributed by atoms with Crippen LogP contribution in [0.3, 0.4) is 0 Å². The zero-order valence-corrected chi connectivity index (χ0v) is 21.7. The zero-order valence-electron chi connectivity index (χ0n) is 21.7. The third kappa shape index (κ3) is 5.62. The maximum Gasteiger partial charge on any atom is 0.342 e. The molecule has 0 bridgehead atoms. The normalized spacial score (nSPS) is 17.0. The van der Waals surface area contributed by atoms with Crippen LogP contribution in [0, 0.1) is 5.92 Å². The van der Waals surface area contributed by atoms with E-state index in [9.17, 15) is 9.59 Å². The molecule has 198 valence electrons. The molecule has 1 aliphatic carbocycles. The van der Waals surface area contributed by atoms with Gasteiger partial charge in [0.15, 0.2) is 17.3 Å². The molecule has 38 heavy (non-hydrogen) atoms. The first-order valence-electron chi connectivity index (χ1n) is 12.9. The van der Waals surface area contributed by atoms with Crippen molar-refractivity contribution in [2.45, 2.75) is 19.3 Å². The van der Waals surface area contributed by atoms with Gasteiger partial charge in [0.2, 0.25) is 5.91 Å². The van der Waals surface area contributed by atoms with Crippen LogP contribution in [0.4, 0.5) is 5.69 Å². The number of rotatable bonds is 7. The Hall–Kier alpha value is -4.00. The minimum atomic E-state index is -0.509. The predicted molar refractivity (Wildman–Crippen MR) is 144 cm³/mol. The number of hydrogen-bond donors (Lipinski definition) is 1. The number of anilines is 1. The lowest BCUT2D eigenvalue weighted by Gasteiger charge is -2.31. The summed E-state index contributed by atoms with van der Waals surface area (Å²) in [5.41, 5.74) is 6.75. The molecule has 2 aromatic carbocycles. The number of amides is 1. The number of nitrogens with zero attached hydrogens (tertiary/aromatic N) is 1. The Bertz CT molecular complexity index is 1320. The molecule has 0 atom stereocenters. The second-order valence-corrected chi connectivity index (χ2v) is 9.51. The Morgan fingerprint density at radius 2 is 1.87 bits per heavy atom. The summed E-state index contributed by atoms with van der Waals surface area (Å²) in [7, 11) is 2.81. The summed E-state index contributed by atoms with van der Waals surface area (Å²) in [6.45, 7) is 3.87. The Kier molecular flexibility index (Phi) is 7.82. The number of benzene rings is 2. The first-order chi connectivity index (χ1) is 18.6. The van der Waals surface area contributed by atoms with Crippen LogP contribution in [0.5, 0.6) is 11.5 Å². The molecule has 0 saturated carbocycles. The summed E-state index contributed by atoms with van der Waals surface area (Å²) in [5, 5.41) is 3.11. The molecule has 8 nitrogen and oxygen atoms in total. The second kappa shape index (κ2) is 11.6. The van der Waals surface area contributed by atoms with Crippen molar-refractivity contribution in [2.75, 3.05) is 52.4 Å². The van der Waals surface area contributed by atoms with E-state index in [2.05, 4.69) is 28.1 Å². The van der Waals surface area contributed by atoms with E-state index in [1.165, 1.54) is 19.8 Å². The number of hydrogen-bond acceptors (Lipinski definition) is 7. The first-order valence-corrected chi connectivity index (χ1v) is 12.9. The monoisotopic (exact) mass is 516 g/mol. The van der Waals surface area contributed by atoms with Crippen LogP contribution in [0.25, 0.3) is 12.2 Å². The fourth-order valence-corrected chi connectivity index (χ4v) is 5.03. The van der Waals surface area contributed by atoms with E-state index >= 15 is 0 Å². The van der Waals surface area contributed by atoms with E-state index in [0.717, 1.165) is 61.5 Å². The summed E-state index contributed by atoms with van der Waals surface area (Å²) >= 11 is 0. The highest BCUT2D eigenvalue weighted by atomic mass is 16.6. The molecule has 2 aliphatic heterocycles. The molecule has 8 heteroatoms. The average molecular weight is 517 g/mol. The van der Waals surface area contributed by atoms with Crippen molar-refractivity contribution >= 4 is 29.7 Å². The van der Waals surface area contributed by atoms with Gasteiger partial charge in [-0.25, -0.2) is 4.79 Å². The molecule has 0 radical (unpaired) electrons. The molecule has 2 aromatic rings. The molecule has 0 spiro atoms. The van der Waals surface area contributed by atoms with E-state index in [1.54, 1.807) is 12.2 Å². The summed E-state index contributed by atoms with van der Waals surface area (Å²) < 4.78 is 21.5. The Labute approximate surface area is 222 Å². The van der Waals surface area contributed by atoms with Gasteiger partial charge >= 0.3 is 5.97 Å². The van der Waals surface area contributed by atoms with E-state index in [0.29, 0.717) is 18.9 Å². The largest absolute Gasteiger partial charge is 0.488 e. The predicted octanol–water partition coefficient (Wildman–Crippen LogP) is 4.06. The number of esters is 1. The van der Waals surface area contributed by atoms with Gasteiger partial charge in [-0.3, -0.25) is 4.79 Å². The Morgan fingerprint density at radius 3 is 2.63 bits per heavy atom. The topological polar surface area (TPSA) is 86.3 Å². The van der Waals surface area contributed by atoms with Crippen LogP contribution in [-0.4, -0.2) is 63.8 Å². The lowest BCUT2D eigenvalue weighted by molar-refractivity contribution is -0.136. The van der Waals surface area contributed by atoms with Gasteiger partial charge in [0.1, 0.15) is 18.8 Å². The Balaban J connectivity index is 1.19. The molecule has 0 aromatic heterocycles. The highest BCUT2D eigenvalue weighted by molar-refractivity contribution is 6.01. The second-order valence-electron chi connectivity index (χ2n) is 9.51. The molecule has 2 heterocycles. The van der Waals surface area contributed by atoms with Crippen LogP contribution in [-0.2, 0) is 25.5 Å². The number of ether oxygens (including phenoxy) is 4. The van der Waals surface area contributed by atoms with Gasteiger partial charge in [-0.15, -0.1) is 0 Å². The van der Waals surface area contributed by atoms with Crippen LogP contribution in [0.1, 0.15) is 29.5 Å². The molecular weight excluding hydrogens is 484 g/mol. The first kappa shape index (κ1) is 25.6. The minimum Gasteiger partial charge on any atom is -0.488 e. The molecule has 1 N–H and O–H groups in total. The molecule has 3 aliphatic rings. The summed E-state index contributed by atoms with van der Waals surface area (Å²) in [6, 6.07) is 11.7. The van der Waals surface area contributed by atoms with Crippen molar-refractivity contribution in [3.8, 4) is 11.5 Å². The van der Waals surface area contributed by atoms with Gasteiger partial charge in [-0.1, -0.05) is 23.9 Å². The van der Waals surface area contributed by atoms with E-state index < -0.39 is 5.97 Å². The maximum atomic E-state index is 13.2. The number of nitrogens with one attached hydrogen (secondary N) is 1. The van der Waals surface area contributed by atoms with Gasteiger partial charge in [0.25, 0.3) is 0 Å². The molecular formula is C30H32N2O6. The van der Waals surface area contributed by atoms with E-state index in [1.807, 2.05) is 24.3 Å². The lowest BCUT2D eigenvalue weighted by atomic mass is 9.95. The summed E-state index contributed by atoms with van der Waals surface area (Å²) in [6.07, 6.45) is 5.97. The van der Waals surface area contributed by atoms with Crippen LogP contribution in [0.15, 0.2) is 53.5 Å². The number of likely N-dealkylation sites (tertiary alicyclic amines) is 1. The molecule has 5 rings (SSSR count). The quantitative estimate of drug-likeness (QED) is 0.439.